The molecule has 53 heavy (non-hydrogen) atoms. The van der Waals surface area contributed by atoms with Gasteiger partial charge in [0.25, 0.3) is 0 Å². The molecule has 17 heteroatoms. The van der Waals surface area contributed by atoms with Gasteiger partial charge in [-0.2, -0.15) is 0 Å². The number of unbranched alkanes of at least 4 members (excludes halogenated alkanes) is 1. The van der Waals surface area contributed by atoms with Gasteiger partial charge >= 0.3 is 5.97 Å². The van der Waals surface area contributed by atoms with Gasteiger partial charge in [-0.3, -0.25) is 28.8 Å². The summed E-state index contributed by atoms with van der Waals surface area (Å²) in [5.74, 6) is -4.19. The average Bonchev–Trinajstić information content (AvgIpc) is 3.90. The Kier molecular flexibility index (Phi) is 16.9. The lowest BCUT2D eigenvalue weighted by atomic mass is 10.0. The van der Waals surface area contributed by atoms with E-state index in [-0.39, 0.29) is 44.2 Å². The van der Waals surface area contributed by atoms with Gasteiger partial charge in [0.1, 0.15) is 42.3 Å². The van der Waals surface area contributed by atoms with Crippen LogP contribution in [0.2, 0.25) is 0 Å². The third-order valence-electron chi connectivity index (χ3n) is 10.2. The molecule has 0 spiro atoms. The molecule has 0 aromatic rings. The lowest BCUT2D eigenvalue weighted by Gasteiger charge is -2.33. The number of amides is 6. The van der Waals surface area contributed by atoms with Crippen molar-refractivity contribution >= 4 is 41.4 Å². The SMILES string of the molecule is CC(C)C[C@H](NC(=O)[C@@H](N)CO)C(=O)N1CCC[C@H]1C(=O)N[C@@H](CCCCN)C(=O)N[C@@H](CC(C)C)C(=O)N1CCC[C@H]1C(=O)N1CCC[C@H]1C(=O)O. The summed E-state index contributed by atoms with van der Waals surface area (Å²) >= 11 is 0. The minimum absolute atomic E-state index is 0.0115. The van der Waals surface area contributed by atoms with E-state index in [0.29, 0.717) is 64.5 Å². The summed E-state index contributed by atoms with van der Waals surface area (Å²) in [7, 11) is 0. The van der Waals surface area contributed by atoms with Gasteiger partial charge in [-0.15, -0.1) is 0 Å². The second-order valence-corrected chi connectivity index (χ2v) is 15.4. The zero-order valence-corrected chi connectivity index (χ0v) is 31.8. The van der Waals surface area contributed by atoms with Crippen molar-refractivity contribution in [2.24, 2.45) is 23.3 Å². The zero-order valence-electron chi connectivity index (χ0n) is 31.8. The molecule has 0 radical (unpaired) electrons. The van der Waals surface area contributed by atoms with E-state index in [1.807, 2.05) is 27.7 Å². The molecule has 0 aromatic carbocycles. The van der Waals surface area contributed by atoms with E-state index in [9.17, 15) is 43.8 Å². The molecule has 300 valence electrons. The van der Waals surface area contributed by atoms with Crippen LogP contribution >= 0.6 is 0 Å². The number of likely N-dealkylation sites (tertiary alicyclic amines) is 3. The molecular formula is C36H62N8O9. The van der Waals surface area contributed by atoms with Crippen molar-refractivity contribution in [1.82, 2.24) is 30.7 Å². The summed E-state index contributed by atoms with van der Waals surface area (Å²) in [6.45, 7) is 8.22. The molecule has 3 aliphatic rings. The van der Waals surface area contributed by atoms with E-state index >= 15 is 0 Å². The van der Waals surface area contributed by atoms with Crippen LogP contribution < -0.4 is 27.4 Å². The number of hydrogen-bond donors (Lipinski definition) is 7. The Balaban J connectivity index is 1.78. The highest BCUT2D eigenvalue weighted by molar-refractivity contribution is 5.97. The van der Waals surface area contributed by atoms with E-state index < -0.39 is 90.3 Å². The predicted molar refractivity (Wildman–Crippen MR) is 195 cm³/mol. The van der Waals surface area contributed by atoms with E-state index in [0.717, 1.165) is 0 Å². The number of carboxylic acid groups (broad SMARTS) is 1. The molecule has 7 atom stereocenters. The van der Waals surface area contributed by atoms with E-state index in [1.54, 1.807) is 0 Å². The Labute approximate surface area is 312 Å². The minimum Gasteiger partial charge on any atom is -0.480 e. The number of carbonyl (C=O) groups is 7. The van der Waals surface area contributed by atoms with E-state index in [4.69, 9.17) is 11.5 Å². The lowest BCUT2D eigenvalue weighted by molar-refractivity contribution is -0.152. The highest BCUT2D eigenvalue weighted by atomic mass is 16.4. The van der Waals surface area contributed by atoms with Crippen LogP contribution in [-0.2, 0) is 33.6 Å². The molecule has 6 amide bonds. The van der Waals surface area contributed by atoms with Gasteiger partial charge in [-0.05, 0) is 89.0 Å². The van der Waals surface area contributed by atoms with Crippen molar-refractivity contribution in [3.63, 3.8) is 0 Å². The Hall–Kier alpha value is -3.83. The first-order valence-electron chi connectivity index (χ1n) is 19.2. The van der Waals surface area contributed by atoms with Gasteiger partial charge in [0.2, 0.25) is 35.4 Å². The lowest BCUT2D eigenvalue weighted by Crippen LogP contribution is -2.59. The first-order chi connectivity index (χ1) is 25.1. The van der Waals surface area contributed by atoms with Gasteiger partial charge in [0.15, 0.2) is 0 Å². The summed E-state index contributed by atoms with van der Waals surface area (Å²) in [6, 6.07) is -6.91. The maximum Gasteiger partial charge on any atom is 0.326 e. The van der Waals surface area contributed by atoms with Crippen LogP contribution in [0.1, 0.15) is 98.3 Å². The third-order valence-corrected chi connectivity index (χ3v) is 10.2. The van der Waals surface area contributed by atoms with Crippen LogP contribution in [-0.4, -0.2) is 141 Å². The number of aliphatic hydroxyl groups excluding tert-OH is 1. The van der Waals surface area contributed by atoms with Gasteiger partial charge in [0, 0.05) is 19.6 Å². The molecule has 3 fully saturated rings. The summed E-state index contributed by atoms with van der Waals surface area (Å²) in [4.78, 5) is 97.8. The van der Waals surface area contributed by atoms with Crippen LogP contribution in [0.5, 0.6) is 0 Å². The zero-order chi connectivity index (χ0) is 39.4. The average molecular weight is 751 g/mol. The maximum atomic E-state index is 14.1. The quantitative estimate of drug-likeness (QED) is 0.0792. The molecule has 0 aliphatic carbocycles. The molecule has 3 saturated heterocycles. The number of nitrogens with zero attached hydrogens (tertiary/aromatic N) is 3. The fraction of sp³-hybridized carbons (Fsp3) is 0.806. The molecule has 17 nitrogen and oxygen atoms in total. The normalized spacial score (nSPS) is 22.4. The molecule has 3 heterocycles. The standard InChI is InChI=1S/C36H62N8O9/c1-21(2)18-25(40-30(46)23(38)20-45)33(49)42-15-7-11-27(42)32(48)39-24(10-5-6-14-37)31(47)41-26(19-22(3)4)34(50)43-16-8-12-28(43)35(51)44-17-9-13-29(44)36(52)53/h21-29,45H,5-20,37-38H2,1-4H3,(H,39,48)(H,40,46)(H,41,47)(H,52,53)/t23-,24-,25-,26-,27-,28-,29-/m0/s1. The second kappa shape index (κ2) is 20.6. The van der Waals surface area contributed by atoms with Gasteiger partial charge < -0.3 is 52.3 Å². The van der Waals surface area contributed by atoms with Crippen LogP contribution in [0.15, 0.2) is 0 Å². The monoisotopic (exact) mass is 750 g/mol. The van der Waals surface area contributed by atoms with Crippen LogP contribution in [0.3, 0.4) is 0 Å². The highest BCUT2D eigenvalue weighted by Crippen LogP contribution is 2.27. The fourth-order valence-electron chi connectivity index (χ4n) is 7.52. The topological polar surface area (TPSA) is 258 Å². The summed E-state index contributed by atoms with van der Waals surface area (Å²) in [5, 5.41) is 27.3. The van der Waals surface area contributed by atoms with Crippen molar-refractivity contribution in [3.8, 4) is 0 Å². The number of nitrogens with one attached hydrogen (secondary N) is 3. The van der Waals surface area contributed by atoms with Crippen molar-refractivity contribution in [1.29, 1.82) is 0 Å². The molecule has 0 unspecified atom stereocenters. The first kappa shape index (κ1) is 43.6. The van der Waals surface area contributed by atoms with Crippen LogP contribution in [0.25, 0.3) is 0 Å². The molecule has 0 saturated carbocycles. The number of hydrogen-bond acceptors (Lipinski definition) is 10. The van der Waals surface area contributed by atoms with E-state index in [1.165, 1.54) is 14.7 Å². The van der Waals surface area contributed by atoms with Gasteiger partial charge in [0.05, 0.1) is 6.61 Å². The van der Waals surface area contributed by atoms with Crippen molar-refractivity contribution in [2.75, 3.05) is 32.8 Å². The molecule has 3 aliphatic heterocycles. The van der Waals surface area contributed by atoms with Crippen LogP contribution in [0.4, 0.5) is 0 Å². The fourth-order valence-corrected chi connectivity index (χ4v) is 7.52. The number of aliphatic carboxylic acids is 1. The van der Waals surface area contributed by atoms with Crippen molar-refractivity contribution in [3.05, 3.63) is 0 Å². The number of rotatable bonds is 19. The summed E-state index contributed by atoms with van der Waals surface area (Å²) in [6.07, 6.45) is 4.58. The largest absolute Gasteiger partial charge is 0.480 e. The number of carboxylic acids is 1. The van der Waals surface area contributed by atoms with Crippen molar-refractivity contribution < 1.29 is 43.8 Å². The Morgan fingerprint density at radius 2 is 1.17 bits per heavy atom. The second-order valence-electron chi connectivity index (χ2n) is 15.4. The smallest absolute Gasteiger partial charge is 0.326 e. The van der Waals surface area contributed by atoms with Crippen LogP contribution in [0, 0.1) is 11.8 Å². The highest BCUT2D eigenvalue weighted by Gasteiger charge is 2.44. The number of aliphatic hydroxyl groups is 1. The molecule has 0 bridgehead atoms. The van der Waals surface area contributed by atoms with E-state index in [2.05, 4.69) is 16.0 Å². The Morgan fingerprint density at radius 1 is 0.679 bits per heavy atom. The first-order valence-corrected chi connectivity index (χ1v) is 19.2. The number of nitrogens with two attached hydrogens (primary N) is 2. The van der Waals surface area contributed by atoms with Crippen molar-refractivity contribution in [2.45, 2.75) is 141 Å². The Bertz CT molecular complexity index is 1310. The molecular weight excluding hydrogens is 688 g/mol. The van der Waals surface area contributed by atoms with Gasteiger partial charge in [-0.1, -0.05) is 27.7 Å². The molecule has 3 rings (SSSR count). The number of carbonyl (C=O) groups excluding carboxylic acids is 6. The third kappa shape index (κ3) is 11.8. The van der Waals surface area contributed by atoms with Gasteiger partial charge in [-0.25, -0.2) is 4.79 Å². The maximum absolute atomic E-state index is 14.1. The minimum atomic E-state index is -1.21. The molecule has 0 aromatic heterocycles. The summed E-state index contributed by atoms with van der Waals surface area (Å²) in [5.41, 5.74) is 11.4. The Morgan fingerprint density at radius 3 is 1.68 bits per heavy atom. The summed E-state index contributed by atoms with van der Waals surface area (Å²) < 4.78 is 0. The predicted octanol–water partition coefficient (Wildman–Crippen LogP) is -0.961. The molecule has 9 N–H and O–H groups in total.